The number of ether oxygens (including phenoxy) is 2. The van der Waals surface area contributed by atoms with E-state index in [1.165, 1.54) is 4.68 Å². The third kappa shape index (κ3) is 3.57. The Bertz CT molecular complexity index is 800. The molecule has 7 heteroatoms. The molecule has 0 aliphatic rings. The Hall–Kier alpha value is -3.22. The Kier molecular flexibility index (Phi) is 4.81. The van der Waals surface area contributed by atoms with Crippen molar-refractivity contribution in [3.8, 4) is 11.4 Å². The molecular weight excluding hydrogens is 308 g/mol. The molecule has 0 N–H and O–H groups in total. The highest BCUT2D eigenvalue weighted by Gasteiger charge is 2.12. The maximum absolute atomic E-state index is 12.1. The first-order chi connectivity index (χ1) is 11.8. The molecule has 1 aromatic heterocycles. The van der Waals surface area contributed by atoms with E-state index in [4.69, 9.17) is 9.47 Å². The molecule has 3 aromatic rings. The van der Waals surface area contributed by atoms with Gasteiger partial charge in [-0.15, -0.1) is 5.10 Å². The summed E-state index contributed by atoms with van der Waals surface area (Å²) >= 11 is 0. The van der Waals surface area contributed by atoms with Crippen LogP contribution in [0.1, 0.15) is 23.1 Å². The molecule has 0 saturated heterocycles. The molecule has 0 bridgehead atoms. The first-order valence-electron chi connectivity index (χ1n) is 7.50. The van der Waals surface area contributed by atoms with Crippen molar-refractivity contribution in [3.05, 3.63) is 66.0 Å². The fourth-order valence-corrected chi connectivity index (χ4v) is 2.13. The van der Waals surface area contributed by atoms with Crippen LogP contribution in [0.5, 0.6) is 5.75 Å². The van der Waals surface area contributed by atoms with E-state index in [-0.39, 0.29) is 6.61 Å². The average molecular weight is 324 g/mol. The summed E-state index contributed by atoms with van der Waals surface area (Å²) < 4.78 is 12.2. The number of carbonyl (C=O) groups excluding carboxylic acids is 1. The number of carbonyl (C=O) groups is 1. The molecule has 0 fully saturated rings. The van der Waals surface area contributed by atoms with Crippen molar-refractivity contribution in [1.82, 2.24) is 20.2 Å². The van der Waals surface area contributed by atoms with E-state index >= 15 is 0 Å². The molecule has 0 amide bonds. The van der Waals surface area contributed by atoms with Crippen LogP contribution in [0.25, 0.3) is 5.69 Å². The van der Waals surface area contributed by atoms with Gasteiger partial charge in [-0.05, 0) is 53.7 Å². The minimum Gasteiger partial charge on any atom is -0.494 e. The molecule has 7 nitrogen and oxygen atoms in total. The van der Waals surface area contributed by atoms with Crippen molar-refractivity contribution in [1.29, 1.82) is 0 Å². The zero-order valence-corrected chi connectivity index (χ0v) is 13.1. The van der Waals surface area contributed by atoms with Crippen LogP contribution < -0.4 is 4.74 Å². The van der Waals surface area contributed by atoms with Crippen molar-refractivity contribution in [2.45, 2.75) is 13.5 Å². The van der Waals surface area contributed by atoms with Gasteiger partial charge in [-0.2, -0.15) is 4.68 Å². The standard InChI is InChI=1S/C17H16N4O3/c1-2-23-15-10-8-13(9-11-15)17(22)24-12-16-18-19-20-21(16)14-6-4-3-5-7-14/h3-11H,2,12H2,1H3. The third-order valence-corrected chi connectivity index (χ3v) is 3.27. The second-order valence-corrected chi connectivity index (χ2v) is 4.88. The zero-order chi connectivity index (χ0) is 16.8. The molecule has 0 unspecified atom stereocenters. The lowest BCUT2D eigenvalue weighted by Crippen LogP contribution is -2.10. The maximum atomic E-state index is 12.1. The van der Waals surface area contributed by atoms with E-state index in [1.54, 1.807) is 24.3 Å². The largest absolute Gasteiger partial charge is 0.494 e. The molecule has 122 valence electrons. The van der Waals surface area contributed by atoms with Crippen LogP contribution in [-0.4, -0.2) is 32.8 Å². The number of hydrogen-bond donors (Lipinski definition) is 0. The number of para-hydroxylation sites is 1. The van der Waals surface area contributed by atoms with E-state index in [2.05, 4.69) is 15.5 Å². The predicted octanol–water partition coefficient (Wildman–Crippen LogP) is 2.42. The van der Waals surface area contributed by atoms with Gasteiger partial charge < -0.3 is 9.47 Å². The fraction of sp³-hybridized carbons (Fsp3) is 0.176. The molecule has 0 spiro atoms. The summed E-state index contributed by atoms with van der Waals surface area (Å²) in [6, 6.07) is 16.2. The van der Waals surface area contributed by atoms with Crippen molar-refractivity contribution in [3.63, 3.8) is 0 Å². The van der Waals surface area contributed by atoms with Gasteiger partial charge in [-0.25, -0.2) is 4.79 Å². The lowest BCUT2D eigenvalue weighted by molar-refractivity contribution is 0.0459. The van der Waals surface area contributed by atoms with E-state index in [9.17, 15) is 4.79 Å². The van der Waals surface area contributed by atoms with Crippen LogP contribution >= 0.6 is 0 Å². The van der Waals surface area contributed by atoms with Crippen molar-refractivity contribution >= 4 is 5.97 Å². The Balaban J connectivity index is 1.66. The SMILES string of the molecule is CCOc1ccc(C(=O)OCc2nnnn2-c2ccccc2)cc1. The Labute approximate surface area is 138 Å². The molecule has 0 radical (unpaired) electrons. The number of nitrogens with zero attached hydrogens (tertiary/aromatic N) is 4. The van der Waals surface area contributed by atoms with Crippen LogP contribution in [0.3, 0.4) is 0 Å². The summed E-state index contributed by atoms with van der Waals surface area (Å²) in [6.45, 7) is 2.46. The summed E-state index contributed by atoms with van der Waals surface area (Å²) in [7, 11) is 0. The average Bonchev–Trinajstić information content (AvgIpc) is 3.10. The summed E-state index contributed by atoms with van der Waals surface area (Å²) in [4.78, 5) is 12.1. The quantitative estimate of drug-likeness (QED) is 0.648. The Morgan fingerprint density at radius 1 is 1.08 bits per heavy atom. The van der Waals surface area contributed by atoms with E-state index in [1.807, 2.05) is 37.3 Å². The second kappa shape index (κ2) is 7.36. The zero-order valence-electron chi connectivity index (χ0n) is 13.1. The first kappa shape index (κ1) is 15.7. The van der Waals surface area contributed by atoms with Gasteiger partial charge in [0, 0.05) is 0 Å². The Morgan fingerprint density at radius 2 is 1.83 bits per heavy atom. The maximum Gasteiger partial charge on any atom is 0.338 e. The highest BCUT2D eigenvalue weighted by atomic mass is 16.5. The number of rotatable bonds is 6. The number of benzene rings is 2. The van der Waals surface area contributed by atoms with Gasteiger partial charge in [0.1, 0.15) is 5.75 Å². The molecule has 0 saturated carbocycles. The summed E-state index contributed by atoms with van der Waals surface area (Å²) in [5.41, 5.74) is 1.24. The second-order valence-electron chi connectivity index (χ2n) is 4.88. The minimum atomic E-state index is -0.444. The molecule has 1 heterocycles. The third-order valence-electron chi connectivity index (χ3n) is 3.27. The lowest BCUT2D eigenvalue weighted by atomic mass is 10.2. The van der Waals surface area contributed by atoms with Gasteiger partial charge in [-0.3, -0.25) is 0 Å². The molecule has 3 rings (SSSR count). The molecule has 0 aliphatic carbocycles. The van der Waals surface area contributed by atoms with Crippen molar-refractivity contribution < 1.29 is 14.3 Å². The first-order valence-corrected chi connectivity index (χ1v) is 7.50. The summed E-state index contributed by atoms with van der Waals surface area (Å²) in [6.07, 6.45) is 0. The number of tetrazole rings is 1. The van der Waals surface area contributed by atoms with Crippen LogP contribution in [0.2, 0.25) is 0 Å². The monoisotopic (exact) mass is 324 g/mol. The highest BCUT2D eigenvalue weighted by Crippen LogP contribution is 2.14. The number of esters is 1. The fourth-order valence-electron chi connectivity index (χ4n) is 2.13. The summed E-state index contributed by atoms with van der Waals surface area (Å²) in [5, 5.41) is 11.5. The van der Waals surface area contributed by atoms with Crippen LogP contribution in [0.4, 0.5) is 0 Å². The van der Waals surface area contributed by atoms with Crippen molar-refractivity contribution in [2.75, 3.05) is 6.61 Å². The predicted molar refractivity (Wildman–Crippen MR) is 85.9 cm³/mol. The van der Waals surface area contributed by atoms with Crippen LogP contribution in [-0.2, 0) is 11.3 Å². The van der Waals surface area contributed by atoms with Crippen LogP contribution in [0, 0.1) is 0 Å². The van der Waals surface area contributed by atoms with E-state index in [0.717, 1.165) is 5.69 Å². The molecular formula is C17H16N4O3. The van der Waals surface area contributed by atoms with Crippen molar-refractivity contribution in [2.24, 2.45) is 0 Å². The Morgan fingerprint density at radius 3 is 2.54 bits per heavy atom. The smallest absolute Gasteiger partial charge is 0.338 e. The topological polar surface area (TPSA) is 79.1 Å². The van der Waals surface area contributed by atoms with Gasteiger partial charge in [0.05, 0.1) is 17.9 Å². The molecule has 0 aliphatic heterocycles. The number of hydrogen-bond acceptors (Lipinski definition) is 6. The van der Waals surface area contributed by atoms with E-state index < -0.39 is 5.97 Å². The number of aromatic nitrogens is 4. The van der Waals surface area contributed by atoms with Gasteiger partial charge in [0.2, 0.25) is 0 Å². The van der Waals surface area contributed by atoms with Gasteiger partial charge in [0.15, 0.2) is 12.4 Å². The lowest BCUT2D eigenvalue weighted by Gasteiger charge is -2.07. The van der Waals surface area contributed by atoms with Gasteiger partial charge in [-0.1, -0.05) is 18.2 Å². The minimum absolute atomic E-state index is 0.0199. The molecule has 2 aromatic carbocycles. The summed E-state index contributed by atoms with van der Waals surface area (Å²) in [5.74, 6) is 0.711. The molecule has 24 heavy (non-hydrogen) atoms. The molecule has 0 atom stereocenters. The van der Waals surface area contributed by atoms with Crippen LogP contribution in [0.15, 0.2) is 54.6 Å². The highest BCUT2D eigenvalue weighted by molar-refractivity contribution is 5.89. The van der Waals surface area contributed by atoms with Gasteiger partial charge >= 0.3 is 5.97 Å². The normalized spacial score (nSPS) is 10.4. The van der Waals surface area contributed by atoms with E-state index in [0.29, 0.717) is 23.7 Å². The van der Waals surface area contributed by atoms with Gasteiger partial charge in [0.25, 0.3) is 0 Å².